The summed E-state index contributed by atoms with van der Waals surface area (Å²) in [7, 11) is 0. The Labute approximate surface area is 133 Å². The summed E-state index contributed by atoms with van der Waals surface area (Å²) in [6.45, 7) is 7.85. The van der Waals surface area contributed by atoms with E-state index in [1.54, 1.807) is 6.20 Å². The van der Waals surface area contributed by atoms with E-state index in [1.807, 2.05) is 6.92 Å². The maximum absolute atomic E-state index is 10.6. The van der Waals surface area contributed by atoms with Crippen LogP contribution in [0.15, 0.2) is 6.20 Å². The Bertz CT molecular complexity index is 473. The first kappa shape index (κ1) is 17.2. The molecule has 0 saturated carbocycles. The number of aryl methyl sites for hydroxylation is 1. The van der Waals surface area contributed by atoms with Crippen molar-refractivity contribution >= 4 is 0 Å². The van der Waals surface area contributed by atoms with Gasteiger partial charge in [0.25, 0.3) is 0 Å². The fourth-order valence-electron chi connectivity index (χ4n) is 3.24. The summed E-state index contributed by atoms with van der Waals surface area (Å²) in [6.07, 6.45) is 6.23. The molecular weight excluding hydrogens is 278 g/mol. The highest BCUT2D eigenvalue weighted by molar-refractivity contribution is 5.43. The molecule has 5 heteroatoms. The van der Waals surface area contributed by atoms with Gasteiger partial charge in [-0.2, -0.15) is 0 Å². The summed E-state index contributed by atoms with van der Waals surface area (Å²) in [4.78, 5) is 6.62. The fourth-order valence-corrected chi connectivity index (χ4v) is 3.24. The quantitative estimate of drug-likeness (QED) is 0.673. The van der Waals surface area contributed by atoms with Gasteiger partial charge in [-0.3, -0.25) is 9.88 Å². The molecule has 0 spiro atoms. The van der Waals surface area contributed by atoms with Gasteiger partial charge >= 0.3 is 0 Å². The number of hydrogen-bond donors (Lipinski definition) is 3. The number of pyridine rings is 1. The zero-order chi connectivity index (χ0) is 15.9. The molecule has 0 aromatic carbocycles. The number of piperazine rings is 1. The maximum Gasteiger partial charge on any atom is 0.141 e. The number of aromatic nitrogens is 1. The molecule has 3 N–H and O–H groups in total. The Morgan fingerprint density at radius 2 is 2.05 bits per heavy atom. The Morgan fingerprint density at radius 1 is 1.32 bits per heavy atom. The Balaban J connectivity index is 2.32. The van der Waals surface area contributed by atoms with Crippen LogP contribution in [0.2, 0.25) is 0 Å². The third kappa shape index (κ3) is 3.97. The summed E-state index contributed by atoms with van der Waals surface area (Å²) in [5.74, 6) is 0.256. The van der Waals surface area contributed by atoms with Gasteiger partial charge in [0.05, 0.1) is 12.3 Å². The Hall–Kier alpha value is -1.17. The van der Waals surface area contributed by atoms with Gasteiger partial charge in [-0.1, -0.05) is 26.2 Å². The summed E-state index contributed by atoms with van der Waals surface area (Å²) in [5.41, 5.74) is 2.28. The van der Waals surface area contributed by atoms with Crippen molar-refractivity contribution in [2.75, 3.05) is 26.2 Å². The summed E-state index contributed by atoms with van der Waals surface area (Å²) in [6, 6.07) is 0.164. The minimum atomic E-state index is -0.0768. The molecule has 5 nitrogen and oxygen atoms in total. The van der Waals surface area contributed by atoms with E-state index in [2.05, 4.69) is 22.1 Å². The summed E-state index contributed by atoms with van der Waals surface area (Å²) in [5, 5.41) is 23.6. The number of aliphatic hydroxyl groups is 1. The molecule has 2 rings (SSSR count). The second-order valence-corrected chi connectivity index (χ2v) is 6.09. The van der Waals surface area contributed by atoms with Crippen molar-refractivity contribution in [3.8, 4) is 5.75 Å². The maximum atomic E-state index is 10.6. The monoisotopic (exact) mass is 307 g/mol. The normalized spacial score (nSPS) is 17.6. The molecule has 1 aromatic heterocycles. The van der Waals surface area contributed by atoms with E-state index in [0.29, 0.717) is 5.69 Å². The van der Waals surface area contributed by atoms with Crippen LogP contribution in [-0.4, -0.2) is 46.3 Å². The number of nitrogens with one attached hydrogen (secondary N) is 1. The van der Waals surface area contributed by atoms with Crippen LogP contribution in [0.4, 0.5) is 0 Å². The van der Waals surface area contributed by atoms with E-state index in [9.17, 15) is 10.2 Å². The molecule has 1 aliphatic rings. The Morgan fingerprint density at radius 3 is 2.68 bits per heavy atom. The third-order valence-electron chi connectivity index (χ3n) is 4.53. The van der Waals surface area contributed by atoms with Gasteiger partial charge in [0, 0.05) is 49.5 Å². The van der Waals surface area contributed by atoms with Gasteiger partial charge in [-0.15, -0.1) is 0 Å². The second kappa shape index (κ2) is 8.46. The van der Waals surface area contributed by atoms with Gasteiger partial charge in [-0.05, 0) is 13.3 Å². The highest BCUT2D eigenvalue weighted by Gasteiger charge is 2.27. The van der Waals surface area contributed by atoms with Crippen molar-refractivity contribution in [2.45, 2.75) is 52.2 Å². The standard InChI is InChI=1S/C17H29N3O2/c1-3-4-5-6-15(20-9-7-18-8-10-20)16-14(12-21)11-19-13(2)17(16)22/h11,15,18,21-22H,3-10,12H2,1-2H3/t15-/m0/s1. The largest absolute Gasteiger partial charge is 0.506 e. The fraction of sp³-hybridized carbons (Fsp3) is 0.706. The molecule has 1 fully saturated rings. The first-order chi connectivity index (χ1) is 10.7. The lowest BCUT2D eigenvalue weighted by Gasteiger charge is -2.36. The first-order valence-corrected chi connectivity index (χ1v) is 8.42. The molecule has 0 bridgehead atoms. The number of hydrogen-bond acceptors (Lipinski definition) is 5. The summed E-state index contributed by atoms with van der Waals surface area (Å²) >= 11 is 0. The predicted molar refractivity (Wildman–Crippen MR) is 87.9 cm³/mol. The van der Waals surface area contributed by atoms with Crippen molar-refractivity contribution in [2.24, 2.45) is 0 Å². The van der Waals surface area contributed by atoms with E-state index in [0.717, 1.165) is 50.1 Å². The number of nitrogens with zero attached hydrogens (tertiary/aromatic N) is 2. The van der Waals surface area contributed by atoms with Crippen molar-refractivity contribution in [3.63, 3.8) is 0 Å². The molecule has 0 unspecified atom stereocenters. The van der Waals surface area contributed by atoms with Crippen LogP contribution in [0, 0.1) is 6.92 Å². The lowest BCUT2D eigenvalue weighted by Crippen LogP contribution is -2.45. The molecule has 1 aliphatic heterocycles. The average molecular weight is 307 g/mol. The zero-order valence-corrected chi connectivity index (χ0v) is 13.8. The van der Waals surface area contributed by atoms with Gasteiger partial charge < -0.3 is 15.5 Å². The molecule has 1 atom stereocenters. The van der Waals surface area contributed by atoms with Gasteiger partial charge in [0.15, 0.2) is 0 Å². The van der Waals surface area contributed by atoms with Crippen LogP contribution in [0.3, 0.4) is 0 Å². The van der Waals surface area contributed by atoms with E-state index in [4.69, 9.17) is 0 Å². The van der Waals surface area contributed by atoms with Crippen molar-refractivity contribution in [1.82, 2.24) is 15.2 Å². The smallest absolute Gasteiger partial charge is 0.141 e. The lowest BCUT2D eigenvalue weighted by molar-refractivity contribution is 0.157. The minimum Gasteiger partial charge on any atom is -0.506 e. The van der Waals surface area contributed by atoms with Crippen LogP contribution < -0.4 is 5.32 Å². The molecule has 0 radical (unpaired) electrons. The van der Waals surface area contributed by atoms with Crippen molar-refractivity contribution in [1.29, 1.82) is 0 Å². The molecule has 22 heavy (non-hydrogen) atoms. The minimum absolute atomic E-state index is 0.0768. The number of unbranched alkanes of at least 4 members (excludes halogenated alkanes) is 2. The highest BCUT2D eigenvalue weighted by atomic mass is 16.3. The Kier molecular flexibility index (Phi) is 6.61. The SMILES string of the molecule is CCCCC[C@@H](c1c(CO)cnc(C)c1O)N1CCNCC1. The van der Waals surface area contributed by atoms with Crippen molar-refractivity contribution < 1.29 is 10.2 Å². The molecule has 1 aromatic rings. The van der Waals surface area contributed by atoms with Crippen LogP contribution in [0.1, 0.15) is 55.5 Å². The summed E-state index contributed by atoms with van der Waals surface area (Å²) < 4.78 is 0. The predicted octanol–water partition coefficient (Wildman–Crippen LogP) is 2.11. The second-order valence-electron chi connectivity index (χ2n) is 6.09. The number of aliphatic hydroxyl groups excluding tert-OH is 1. The first-order valence-electron chi connectivity index (χ1n) is 8.42. The van der Waals surface area contributed by atoms with Crippen LogP contribution in [-0.2, 0) is 6.61 Å². The molecular formula is C17H29N3O2. The van der Waals surface area contributed by atoms with Gasteiger partial charge in [-0.25, -0.2) is 0 Å². The molecule has 0 aliphatic carbocycles. The van der Waals surface area contributed by atoms with E-state index >= 15 is 0 Å². The van der Waals surface area contributed by atoms with E-state index in [1.165, 1.54) is 12.8 Å². The van der Waals surface area contributed by atoms with E-state index < -0.39 is 0 Å². The molecule has 124 valence electrons. The van der Waals surface area contributed by atoms with Crippen LogP contribution in [0.25, 0.3) is 0 Å². The third-order valence-corrected chi connectivity index (χ3v) is 4.53. The molecule has 0 amide bonds. The molecule has 2 heterocycles. The number of rotatable bonds is 7. The van der Waals surface area contributed by atoms with E-state index in [-0.39, 0.29) is 18.4 Å². The van der Waals surface area contributed by atoms with Gasteiger partial charge in [0.1, 0.15) is 5.75 Å². The van der Waals surface area contributed by atoms with Gasteiger partial charge in [0.2, 0.25) is 0 Å². The zero-order valence-electron chi connectivity index (χ0n) is 13.8. The topological polar surface area (TPSA) is 68.6 Å². The van der Waals surface area contributed by atoms with Crippen molar-refractivity contribution in [3.05, 3.63) is 23.0 Å². The van der Waals surface area contributed by atoms with Crippen LogP contribution >= 0.6 is 0 Å². The molecule has 1 saturated heterocycles. The van der Waals surface area contributed by atoms with Crippen LogP contribution in [0.5, 0.6) is 5.75 Å². The number of aromatic hydroxyl groups is 1. The average Bonchev–Trinajstić information content (AvgIpc) is 2.55. The lowest BCUT2D eigenvalue weighted by atomic mass is 9.93. The highest BCUT2D eigenvalue weighted by Crippen LogP contribution is 2.36.